The Bertz CT molecular complexity index is 400. The van der Waals surface area contributed by atoms with Crippen LogP contribution in [0, 0.1) is 0 Å². The van der Waals surface area contributed by atoms with Gasteiger partial charge in [0.05, 0.1) is 18.1 Å². The van der Waals surface area contributed by atoms with Crippen LogP contribution in [0.25, 0.3) is 0 Å². The van der Waals surface area contributed by atoms with E-state index in [0.717, 1.165) is 19.6 Å². The highest BCUT2D eigenvalue weighted by atomic mass is 127. The minimum atomic E-state index is -2.85. The summed E-state index contributed by atoms with van der Waals surface area (Å²) in [6.07, 6.45) is 0.668. The van der Waals surface area contributed by atoms with Crippen molar-refractivity contribution < 1.29 is 8.42 Å². The van der Waals surface area contributed by atoms with Gasteiger partial charge in [0.15, 0.2) is 15.8 Å². The van der Waals surface area contributed by atoms with Crippen molar-refractivity contribution >= 4 is 39.8 Å². The Balaban J connectivity index is 0.00000361. The van der Waals surface area contributed by atoms with E-state index >= 15 is 0 Å². The average molecular weight is 418 g/mol. The number of hydrogen-bond donors (Lipinski definition) is 2. The van der Waals surface area contributed by atoms with Gasteiger partial charge in [-0.25, -0.2) is 8.42 Å². The number of aliphatic imine (C=N–C) groups is 1. The van der Waals surface area contributed by atoms with Gasteiger partial charge in [0, 0.05) is 19.1 Å². The lowest BCUT2D eigenvalue weighted by atomic mass is 10.3. The molecule has 0 radical (unpaired) electrons. The molecular formula is C12H27IN4O2S. The van der Waals surface area contributed by atoms with Crippen molar-refractivity contribution in [3.63, 3.8) is 0 Å². The molecule has 1 unspecified atom stereocenters. The molecule has 8 heteroatoms. The molecule has 1 saturated heterocycles. The number of halogens is 1. The quantitative estimate of drug-likeness (QED) is 0.369. The van der Waals surface area contributed by atoms with Crippen molar-refractivity contribution in [1.29, 1.82) is 0 Å². The van der Waals surface area contributed by atoms with Crippen LogP contribution in [0.4, 0.5) is 0 Å². The van der Waals surface area contributed by atoms with Crippen LogP contribution in [0.15, 0.2) is 4.99 Å². The standard InChI is InChI=1S/C12H26N4O2S.HI/c1-4-13-12(14-7-8-16(3)5-2)15-11-6-9-19(17,18)10-11;/h11H,4-10H2,1-3H3,(H2,13,14,15);1H. The SMILES string of the molecule is CCNC(=NCCN(C)CC)NC1CCS(=O)(=O)C1.I. The Kier molecular flexibility index (Phi) is 9.73. The third-order valence-corrected chi connectivity index (χ3v) is 4.98. The number of rotatable bonds is 6. The van der Waals surface area contributed by atoms with E-state index in [1.54, 1.807) is 0 Å². The van der Waals surface area contributed by atoms with Gasteiger partial charge < -0.3 is 15.5 Å². The van der Waals surface area contributed by atoms with Crippen molar-refractivity contribution in [1.82, 2.24) is 15.5 Å². The summed E-state index contributed by atoms with van der Waals surface area (Å²) in [5.41, 5.74) is 0. The number of hydrogen-bond acceptors (Lipinski definition) is 4. The first kappa shape index (κ1) is 19.9. The molecule has 0 aromatic carbocycles. The Morgan fingerprint density at radius 3 is 2.60 bits per heavy atom. The highest BCUT2D eigenvalue weighted by molar-refractivity contribution is 14.0. The van der Waals surface area contributed by atoms with Crippen LogP contribution in [-0.2, 0) is 9.84 Å². The zero-order valence-electron chi connectivity index (χ0n) is 12.6. The predicted molar refractivity (Wildman–Crippen MR) is 94.8 cm³/mol. The van der Waals surface area contributed by atoms with E-state index < -0.39 is 9.84 Å². The molecule has 6 nitrogen and oxygen atoms in total. The Morgan fingerprint density at radius 1 is 1.40 bits per heavy atom. The molecule has 2 N–H and O–H groups in total. The maximum absolute atomic E-state index is 11.4. The number of likely N-dealkylation sites (N-methyl/N-ethyl adjacent to an activating group) is 1. The lowest BCUT2D eigenvalue weighted by Gasteiger charge is -2.17. The number of sulfone groups is 1. The van der Waals surface area contributed by atoms with Gasteiger partial charge in [0.25, 0.3) is 0 Å². The molecule has 1 rings (SSSR count). The van der Waals surface area contributed by atoms with Crippen molar-refractivity contribution in [2.45, 2.75) is 26.3 Å². The largest absolute Gasteiger partial charge is 0.357 e. The van der Waals surface area contributed by atoms with E-state index in [1.807, 2.05) is 6.92 Å². The first-order valence-corrected chi connectivity index (χ1v) is 8.72. The predicted octanol–water partition coefficient (Wildman–Crippen LogP) is 0.298. The molecular weight excluding hydrogens is 391 g/mol. The lowest BCUT2D eigenvalue weighted by Crippen LogP contribution is -2.44. The van der Waals surface area contributed by atoms with Gasteiger partial charge in [-0.2, -0.15) is 0 Å². The fourth-order valence-corrected chi connectivity index (χ4v) is 3.59. The molecule has 1 atom stereocenters. The van der Waals surface area contributed by atoms with Crippen molar-refractivity contribution in [2.75, 3.05) is 44.7 Å². The van der Waals surface area contributed by atoms with Gasteiger partial charge in [-0.05, 0) is 26.9 Å². The molecule has 0 saturated carbocycles. The van der Waals surface area contributed by atoms with Gasteiger partial charge in [0.1, 0.15) is 0 Å². The Morgan fingerprint density at radius 2 is 2.10 bits per heavy atom. The highest BCUT2D eigenvalue weighted by Crippen LogP contribution is 2.10. The molecule has 0 spiro atoms. The maximum Gasteiger partial charge on any atom is 0.191 e. The zero-order valence-corrected chi connectivity index (χ0v) is 15.7. The third-order valence-electron chi connectivity index (χ3n) is 3.21. The van der Waals surface area contributed by atoms with Crippen LogP contribution in [-0.4, -0.2) is 70.1 Å². The smallest absolute Gasteiger partial charge is 0.191 e. The van der Waals surface area contributed by atoms with Crippen molar-refractivity contribution in [2.24, 2.45) is 4.99 Å². The van der Waals surface area contributed by atoms with E-state index in [-0.39, 0.29) is 41.5 Å². The van der Waals surface area contributed by atoms with Crippen LogP contribution >= 0.6 is 24.0 Å². The van der Waals surface area contributed by atoms with Crippen molar-refractivity contribution in [3.05, 3.63) is 0 Å². The molecule has 1 aliphatic heterocycles. The molecule has 1 fully saturated rings. The second kappa shape index (κ2) is 9.78. The van der Waals surface area contributed by atoms with E-state index in [4.69, 9.17) is 0 Å². The molecule has 0 aromatic rings. The minimum Gasteiger partial charge on any atom is -0.357 e. The maximum atomic E-state index is 11.4. The Labute approximate surface area is 139 Å². The molecule has 0 aliphatic carbocycles. The molecule has 20 heavy (non-hydrogen) atoms. The normalized spacial score (nSPS) is 21.6. The van der Waals surface area contributed by atoms with E-state index in [1.165, 1.54) is 0 Å². The number of nitrogens with one attached hydrogen (secondary N) is 2. The first-order valence-electron chi connectivity index (χ1n) is 6.90. The van der Waals surface area contributed by atoms with Gasteiger partial charge >= 0.3 is 0 Å². The molecule has 120 valence electrons. The van der Waals surface area contributed by atoms with Crippen LogP contribution in [0.1, 0.15) is 20.3 Å². The average Bonchev–Trinajstić information content (AvgIpc) is 2.68. The van der Waals surface area contributed by atoms with E-state index in [9.17, 15) is 8.42 Å². The summed E-state index contributed by atoms with van der Waals surface area (Å²) < 4.78 is 22.8. The second-order valence-electron chi connectivity index (χ2n) is 4.90. The summed E-state index contributed by atoms with van der Waals surface area (Å²) in [5, 5.41) is 6.36. The summed E-state index contributed by atoms with van der Waals surface area (Å²) in [6.45, 7) is 7.49. The molecule has 1 heterocycles. The molecule has 1 aliphatic rings. The van der Waals surface area contributed by atoms with Gasteiger partial charge in [-0.1, -0.05) is 6.92 Å². The highest BCUT2D eigenvalue weighted by Gasteiger charge is 2.28. The first-order chi connectivity index (χ1) is 8.96. The summed E-state index contributed by atoms with van der Waals surface area (Å²) in [4.78, 5) is 6.66. The second-order valence-corrected chi connectivity index (χ2v) is 7.13. The molecule has 0 aromatic heterocycles. The van der Waals surface area contributed by atoms with Crippen LogP contribution in [0.3, 0.4) is 0 Å². The summed E-state index contributed by atoms with van der Waals surface area (Å²) >= 11 is 0. The van der Waals surface area contributed by atoms with E-state index in [0.29, 0.717) is 18.9 Å². The number of guanidine groups is 1. The fraction of sp³-hybridized carbons (Fsp3) is 0.917. The molecule has 0 amide bonds. The van der Waals surface area contributed by atoms with Gasteiger partial charge in [-0.15, -0.1) is 24.0 Å². The monoisotopic (exact) mass is 418 g/mol. The summed E-state index contributed by atoms with van der Waals surface area (Å²) in [7, 11) is -0.792. The van der Waals surface area contributed by atoms with Crippen LogP contribution in [0.5, 0.6) is 0 Å². The molecule has 0 bridgehead atoms. The van der Waals surface area contributed by atoms with Crippen molar-refractivity contribution in [3.8, 4) is 0 Å². The third kappa shape index (κ3) is 7.63. The lowest BCUT2D eigenvalue weighted by molar-refractivity contribution is 0.363. The fourth-order valence-electron chi connectivity index (χ4n) is 1.91. The van der Waals surface area contributed by atoms with E-state index in [2.05, 4.69) is 34.5 Å². The summed E-state index contributed by atoms with van der Waals surface area (Å²) in [5.74, 6) is 1.21. The van der Waals surface area contributed by atoms with Gasteiger partial charge in [-0.3, -0.25) is 4.99 Å². The minimum absolute atomic E-state index is 0. The van der Waals surface area contributed by atoms with Gasteiger partial charge in [0.2, 0.25) is 0 Å². The summed E-state index contributed by atoms with van der Waals surface area (Å²) in [6, 6.07) is -0.00768. The zero-order chi connectivity index (χ0) is 14.3. The van der Waals surface area contributed by atoms with Crippen LogP contribution in [0.2, 0.25) is 0 Å². The van der Waals surface area contributed by atoms with Crippen LogP contribution < -0.4 is 10.6 Å². The number of nitrogens with zero attached hydrogens (tertiary/aromatic N) is 2. The topological polar surface area (TPSA) is 73.8 Å². The Hall–Kier alpha value is -0.0900.